The Morgan fingerprint density at radius 3 is 2.29 bits per heavy atom. The van der Waals surface area contributed by atoms with Crippen LogP contribution >= 0.6 is 0 Å². The first-order chi connectivity index (χ1) is 16.4. The van der Waals surface area contributed by atoms with Gasteiger partial charge in [0.2, 0.25) is 0 Å². The average Bonchev–Trinajstić information content (AvgIpc) is 3.20. The van der Waals surface area contributed by atoms with E-state index in [2.05, 4.69) is 10.3 Å². The zero-order valence-electron chi connectivity index (χ0n) is 18.7. The van der Waals surface area contributed by atoms with Crippen molar-refractivity contribution in [3.05, 3.63) is 89.8 Å². The van der Waals surface area contributed by atoms with Crippen molar-refractivity contribution in [3.63, 3.8) is 0 Å². The third-order valence-electron chi connectivity index (χ3n) is 5.69. The second-order valence-corrected chi connectivity index (χ2v) is 8.26. The summed E-state index contributed by atoms with van der Waals surface area (Å²) in [5, 5.41) is 2.87. The summed E-state index contributed by atoms with van der Waals surface area (Å²) in [7, 11) is 0. The Kier molecular flexibility index (Phi) is 7.30. The number of benzene rings is 3. The van der Waals surface area contributed by atoms with E-state index < -0.39 is 0 Å². The number of halogens is 2. The van der Waals surface area contributed by atoms with Crippen molar-refractivity contribution in [2.75, 3.05) is 13.1 Å². The second kappa shape index (κ2) is 10.5. The molecule has 3 aromatic carbocycles. The summed E-state index contributed by atoms with van der Waals surface area (Å²) in [5.41, 5.74) is 15.5. The Bertz CT molecular complexity index is 1270. The molecule has 5 N–H and O–H groups in total. The predicted octanol–water partition coefficient (Wildman–Crippen LogP) is 3.83. The third-order valence-corrected chi connectivity index (χ3v) is 5.69. The molecule has 176 valence electrons. The van der Waals surface area contributed by atoms with Crippen LogP contribution in [0.4, 0.5) is 8.78 Å². The van der Waals surface area contributed by atoms with E-state index in [0.29, 0.717) is 31.6 Å². The smallest absolute Gasteiger partial charge is 0.287 e. The number of hydrogen-bond donors (Lipinski definition) is 3. The average molecular weight is 464 g/mol. The van der Waals surface area contributed by atoms with Gasteiger partial charge < -0.3 is 21.4 Å². The lowest BCUT2D eigenvalue weighted by Gasteiger charge is -2.13. The lowest BCUT2D eigenvalue weighted by Crippen LogP contribution is -2.38. The van der Waals surface area contributed by atoms with Crippen LogP contribution in [0.5, 0.6) is 0 Å². The Hall–Kier alpha value is -3.62. The van der Waals surface area contributed by atoms with E-state index in [0.717, 1.165) is 28.6 Å². The van der Waals surface area contributed by atoms with Gasteiger partial charge in [-0.15, -0.1) is 0 Å². The topological polar surface area (TPSA) is 99.0 Å². The second-order valence-electron chi connectivity index (χ2n) is 8.26. The minimum Gasteiger partial charge on any atom is -0.348 e. The number of carbonyl (C=O) groups is 1. The standard InChI is InChI=1S/C26H27F2N5O/c27-20-8-3-17(4-9-20)16-33-24-12-7-19(18-5-10-21(28)11-6-18)14-23(24)32-25(33)26(34)31-15-22(30)2-1-13-29/h3-12,14,22H,1-2,13,15-16,29-30H2,(H,31,34)/t22-/m0/s1. The van der Waals surface area contributed by atoms with Crippen LogP contribution in [0.1, 0.15) is 29.0 Å². The van der Waals surface area contributed by atoms with E-state index in [4.69, 9.17) is 11.5 Å². The summed E-state index contributed by atoms with van der Waals surface area (Å²) < 4.78 is 28.5. The number of nitrogens with two attached hydrogens (primary N) is 2. The van der Waals surface area contributed by atoms with Gasteiger partial charge >= 0.3 is 0 Å². The molecule has 0 aliphatic rings. The zero-order valence-corrected chi connectivity index (χ0v) is 18.7. The number of nitrogens with one attached hydrogen (secondary N) is 1. The number of aromatic nitrogens is 2. The van der Waals surface area contributed by atoms with Crippen LogP contribution in [-0.2, 0) is 6.54 Å². The first kappa shape index (κ1) is 23.5. The van der Waals surface area contributed by atoms with Crippen LogP contribution in [0.3, 0.4) is 0 Å². The molecular formula is C26H27F2N5O. The fraction of sp³-hybridized carbons (Fsp3) is 0.231. The normalized spacial score (nSPS) is 12.1. The number of amides is 1. The molecule has 34 heavy (non-hydrogen) atoms. The first-order valence-corrected chi connectivity index (χ1v) is 11.2. The Morgan fingerprint density at radius 2 is 1.62 bits per heavy atom. The Morgan fingerprint density at radius 1 is 0.971 bits per heavy atom. The molecule has 0 saturated carbocycles. The summed E-state index contributed by atoms with van der Waals surface area (Å²) in [6.45, 7) is 1.19. The molecule has 0 unspecified atom stereocenters. The minimum atomic E-state index is -0.343. The molecule has 1 atom stereocenters. The maximum Gasteiger partial charge on any atom is 0.287 e. The number of fused-ring (bicyclic) bond motifs is 1. The fourth-order valence-corrected chi connectivity index (χ4v) is 3.84. The number of carbonyl (C=O) groups excluding carboxylic acids is 1. The predicted molar refractivity (Wildman–Crippen MR) is 129 cm³/mol. The molecule has 4 aromatic rings. The Labute approximate surface area is 196 Å². The van der Waals surface area contributed by atoms with E-state index in [1.165, 1.54) is 24.3 Å². The number of rotatable bonds is 9. The lowest BCUT2D eigenvalue weighted by molar-refractivity contribution is 0.0937. The van der Waals surface area contributed by atoms with E-state index in [1.54, 1.807) is 28.8 Å². The van der Waals surface area contributed by atoms with Gasteiger partial charge in [0.05, 0.1) is 11.0 Å². The SMILES string of the molecule is NCCC[C@H](N)CNC(=O)c1nc2cc(-c3ccc(F)cc3)ccc2n1Cc1ccc(F)cc1. The molecule has 0 radical (unpaired) electrons. The monoisotopic (exact) mass is 463 g/mol. The van der Waals surface area contributed by atoms with Crippen molar-refractivity contribution in [3.8, 4) is 11.1 Å². The molecule has 0 spiro atoms. The molecule has 1 amide bonds. The molecule has 0 aliphatic carbocycles. The van der Waals surface area contributed by atoms with Crippen molar-refractivity contribution in [2.45, 2.75) is 25.4 Å². The largest absolute Gasteiger partial charge is 0.348 e. The van der Waals surface area contributed by atoms with E-state index in [-0.39, 0.29) is 29.4 Å². The molecule has 4 rings (SSSR count). The number of imidazole rings is 1. The van der Waals surface area contributed by atoms with Crippen molar-refractivity contribution >= 4 is 16.9 Å². The Balaban J connectivity index is 1.68. The first-order valence-electron chi connectivity index (χ1n) is 11.2. The summed E-state index contributed by atoms with van der Waals surface area (Å²) >= 11 is 0. The van der Waals surface area contributed by atoms with Gasteiger partial charge in [0.1, 0.15) is 11.6 Å². The molecular weight excluding hydrogens is 436 g/mol. The van der Waals surface area contributed by atoms with E-state index >= 15 is 0 Å². The maximum atomic E-state index is 13.4. The van der Waals surface area contributed by atoms with Gasteiger partial charge in [0.15, 0.2) is 5.82 Å². The van der Waals surface area contributed by atoms with Crippen LogP contribution in [0, 0.1) is 11.6 Å². The van der Waals surface area contributed by atoms with Crippen LogP contribution in [0.2, 0.25) is 0 Å². The quantitative estimate of drug-likeness (QED) is 0.351. The molecule has 0 saturated heterocycles. The summed E-state index contributed by atoms with van der Waals surface area (Å²) in [6, 6.07) is 17.8. The summed E-state index contributed by atoms with van der Waals surface area (Å²) in [6.07, 6.45) is 1.50. The van der Waals surface area contributed by atoms with Crippen molar-refractivity contribution < 1.29 is 13.6 Å². The van der Waals surface area contributed by atoms with Crippen molar-refractivity contribution in [1.29, 1.82) is 0 Å². The van der Waals surface area contributed by atoms with Gasteiger partial charge in [-0.3, -0.25) is 4.79 Å². The molecule has 0 aliphatic heterocycles. The molecule has 1 aromatic heterocycles. The lowest BCUT2D eigenvalue weighted by atomic mass is 10.1. The summed E-state index contributed by atoms with van der Waals surface area (Å²) in [4.78, 5) is 17.7. The highest BCUT2D eigenvalue weighted by molar-refractivity contribution is 5.95. The highest BCUT2D eigenvalue weighted by Gasteiger charge is 2.19. The van der Waals surface area contributed by atoms with Crippen molar-refractivity contribution in [2.24, 2.45) is 11.5 Å². The summed E-state index contributed by atoms with van der Waals surface area (Å²) in [5.74, 6) is -0.740. The van der Waals surface area contributed by atoms with E-state index in [9.17, 15) is 13.6 Å². The molecule has 0 fully saturated rings. The van der Waals surface area contributed by atoms with E-state index in [1.807, 2.05) is 18.2 Å². The van der Waals surface area contributed by atoms with Gasteiger partial charge in [-0.2, -0.15) is 0 Å². The molecule has 8 heteroatoms. The van der Waals surface area contributed by atoms with Crippen LogP contribution < -0.4 is 16.8 Å². The van der Waals surface area contributed by atoms with Crippen LogP contribution in [-0.4, -0.2) is 34.6 Å². The van der Waals surface area contributed by atoms with Gasteiger partial charge in [0.25, 0.3) is 5.91 Å². The minimum absolute atomic E-state index is 0.201. The highest BCUT2D eigenvalue weighted by Crippen LogP contribution is 2.26. The number of hydrogen-bond acceptors (Lipinski definition) is 4. The van der Waals surface area contributed by atoms with Gasteiger partial charge in [-0.25, -0.2) is 13.8 Å². The fourth-order valence-electron chi connectivity index (χ4n) is 3.84. The van der Waals surface area contributed by atoms with Gasteiger partial charge in [-0.05, 0) is 72.5 Å². The molecule has 1 heterocycles. The van der Waals surface area contributed by atoms with Crippen molar-refractivity contribution in [1.82, 2.24) is 14.9 Å². The van der Waals surface area contributed by atoms with Gasteiger partial charge in [-0.1, -0.05) is 30.3 Å². The van der Waals surface area contributed by atoms with Gasteiger partial charge in [0, 0.05) is 19.1 Å². The number of nitrogens with zero attached hydrogens (tertiary/aromatic N) is 2. The molecule has 6 nitrogen and oxygen atoms in total. The van der Waals surface area contributed by atoms with Crippen LogP contribution in [0.15, 0.2) is 66.7 Å². The highest BCUT2D eigenvalue weighted by atomic mass is 19.1. The molecule has 0 bridgehead atoms. The zero-order chi connectivity index (χ0) is 24.1. The van der Waals surface area contributed by atoms with Crippen LogP contribution in [0.25, 0.3) is 22.2 Å². The third kappa shape index (κ3) is 5.47. The maximum absolute atomic E-state index is 13.4.